The van der Waals surface area contributed by atoms with Crippen LogP contribution in [0.1, 0.15) is 30.8 Å². The van der Waals surface area contributed by atoms with E-state index >= 15 is 0 Å². The van der Waals surface area contributed by atoms with Gasteiger partial charge in [-0.1, -0.05) is 38.1 Å². The number of ether oxygens (including phenoxy) is 1. The van der Waals surface area contributed by atoms with E-state index in [1.165, 1.54) is 0 Å². The number of para-hydroxylation sites is 1. The van der Waals surface area contributed by atoms with E-state index in [4.69, 9.17) is 4.74 Å². The van der Waals surface area contributed by atoms with Crippen molar-refractivity contribution in [3.63, 3.8) is 0 Å². The van der Waals surface area contributed by atoms with Gasteiger partial charge in [0.05, 0.1) is 30.9 Å². The van der Waals surface area contributed by atoms with Gasteiger partial charge in [-0.25, -0.2) is 4.98 Å². The molecule has 7 heteroatoms. The Balaban J connectivity index is 1.72. The molecule has 2 aromatic rings. The fourth-order valence-corrected chi connectivity index (χ4v) is 3.09. The van der Waals surface area contributed by atoms with E-state index in [0.29, 0.717) is 6.42 Å². The second-order valence-corrected chi connectivity index (χ2v) is 7.26. The van der Waals surface area contributed by atoms with Gasteiger partial charge in [0.1, 0.15) is 11.7 Å². The van der Waals surface area contributed by atoms with E-state index in [1.807, 2.05) is 44.2 Å². The van der Waals surface area contributed by atoms with Gasteiger partial charge >= 0.3 is 0 Å². The van der Waals surface area contributed by atoms with Gasteiger partial charge in [-0.05, 0) is 24.5 Å². The fourth-order valence-electron chi connectivity index (χ4n) is 3.09. The zero-order valence-electron chi connectivity index (χ0n) is 15.5. The highest BCUT2D eigenvalue weighted by atomic mass is 16.5. The topological polar surface area (TPSA) is 101 Å². The fraction of sp³-hybridized carbons (Fsp3) is 0.450. The van der Waals surface area contributed by atoms with Crippen LogP contribution in [-0.2, 0) is 9.53 Å². The summed E-state index contributed by atoms with van der Waals surface area (Å²) < 4.78 is 5.16. The number of aliphatic hydroxyl groups is 1. The molecule has 1 aromatic heterocycles. The third kappa shape index (κ3) is 4.81. The highest BCUT2D eigenvalue weighted by Crippen LogP contribution is 2.13. The number of aliphatic hydroxyl groups excluding tert-OH is 1. The number of pyridine rings is 1. The lowest BCUT2D eigenvalue weighted by Gasteiger charge is -2.23. The number of hydrogen-bond acceptors (Lipinski definition) is 5. The summed E-state index contributed by atoms with van der Waals surface area (Å²) in [6.45, 7) is 4.43. The zero-order chi connectivity index (χ0) is 19.4. The summed E-state index contributed by atoms with van der Waals surface area (Å²) in [6, 6.07) is 9.85. The molecule has 2 unspecified atom stereocenters. The minimum atomic E-state index is -0.730. The van der Waals surface area contributed by atoms with E-state index in [-0.39, 0.29) is 30.7 Å². The molecule has 3 rings (SSSR count). The van der Waals surface area contributed by atoms with Gasteiger partial charge in [0.15, 0.2) is 0 Å². The van der Waals surface area contributed by atoms with Crippen LogP contribution in [0.3, 0.4) is 0 Å². The Bertz CT molecular complexity index is 824. The van der Waals surface area contributed by atoms with Crippen molar-refractivity contribution in [1.82, 2.24) is 15.6 Å². The van der Waals surface area contributed by atoms with Crippen molar-refractivity contribution in [2.45, 2.75) is 38.5 Å². The first-order valence-corrected chi connectivity index (χ1v) is 9.17. The van der Waals surface area contributed by atoms with Gasteiger partial charge in [-0.2, -0.15) is 0 Å². The standard InChI is InChI=1S/C20H25N3O4/c1-12(2)9-16(20(26)23-17-10-27-11-18(17)24)22-19(25)15-8-7-13-5-3-4-6-14(13)21-15/h3-8,12,16-18,24H,9-11H2,1-2H3,(H,22,25)(H,23,26)/t16?,17?,18-/m1/s1. The molecule has 7 nitrogen and oxygen atoms in total. The van der Waals surface area contributed by atoms with Crippen LogP contribution in [0.2, 0.25) is 0 Å². The second-order valence-electron chi connectivity index (χ2n) is 7.26. The maximum atomic E-state index is 12.7. The molecule has 0 bridgehead atoms. The monoisotopic (exact) mass is 371 g/mol. The first kappa shape index (κ1) is 19.3. The SMILES string of the molecule is CC(C)CC(NC(=O)c1ccc2ccccc2n1)C(=O)NC1COC[C@H]1O. The highest BCUT2D eigenvalue weighted by Gasteiger charge is 2.31. The van der Waals surface area contributed by atoms with Crippen LogP contribution in [-0.4, -0.2) is 53.3 Å². The number of nitrogens with zero attached hydrogens (tertiary/aromatic N) is 1. The van der Waals surface area contributed by atoms with Crippen LogP contribution in [0.4, 0.5) is 0 Å². The quantitative estimate of drug-likeness (QED) is 0.710. The lowest BCUT2D eigenvalue weighted by molar-refractivity contribution is -0.124. The largest absolute Gasteiger partial charge is 0.388 e. The van der Waals surface area contributed by atoms with Crippen LogP contribution in [0, 0.1) is 5.92 Å². The number of aromatic nitrogens is 1. The number of carbonyl (C=O) groups excluding carboxylic acids is 2. The third-order valence-corrected chi connectivity index (χ3v) is 4.54. The smallest absolute Gasteiger partial charge is 0.270 e. The summed E-state index contributed by atoms with van der Waals surface area (Å²) in [6.07, 6.45) is -0.249. The van der Waals surface area contributed by atoms with E-state index in [0.717, 1.165) is 10.9 Å². The predicted octanol–water partition coefficient (Wildman–Crippen LogP) is 1.26. The van der Waals surface area contributed by atoms with E-state index < -0.39 is 24.1 Å². The number of carbonyl (C=O) groups is 2. The van der Waals surface area contributed by atoms with Crippen molar-refractivity contribution >= 4 is 22.7 Å². The van der Waals surface area contributed by atoms with Gasteiger partial charge < -0.3 is 20.5 Å². The second kappa shape index (κ2) is 8.45. The molecule has 3 atom stereocenters. The minimum absolute atomic E-state index is 0.202. The van der Waals surface area contributed by atoms with Crippen molar-refractivity contribution in [3.05, 3.63) is 42.1 Å². The minimum Gasteiger partial charge on any atom is -0.388 e. The summed E-state index contributed by atoms with van der Waals surface area (Å²) in [5, 5.41) is 16.3. The lowest BCUT2D eigenvalue weighted by Crippen LogP contribution is -2.52. The van der Waals surface area contributed by atoms with Gasteiger partial charge in [0, 0.05) is 5.39 Å². The van der Waals surface area contributed by atoms with Crippen molar-refractivity contribution in [1.29, 1.82) is 0 Å². The molecule has 1 fully saturated rings. The highest BCUT2D eigenvalue weighted by molar-refractivity contribution is 5.97. The van der Waals surface area contributed by atoms with E-state index in [1.54, 1.807) is 6.07 Å². The maximum absolute atomic E-state index is 12.7. The van der Waals surface area contributed by atoms with Gasteiger partial charge in [-0.3, -0.25) is 9.59 Å². The van der Waals surface area contributed by atoms with Gasteiger partial charge in [-0.15, -0.1) is 0 Å². The van der Waals surface area contributed by atoms with Crippen molar-refractivity contribution in [3.8, 4) is 0 Å². The number of nitrogens with one attached hydrogen (secondary N) is 2. The summed E-state index contributed by atoms with van der Waals surface area (Å²) >= 11 is 0. The number of fused-ring (bicyclic) bond motifs is 1. The Hall–Kier alpha value is -2.51. The Morgan fingerprint density at radius 1 is 1.22 bits per heavy atom. The molecule has 144 valence electrons. The molecule has 1 aromatic carbocycles. The average molecular weight is 371 g/mol. The van der Waals surface area contributed by atoms with Gasteiger partial charge in [0.25, 0.3) is 5.91 Å². The number of amides is 2. The third-order valence-electron chi connectivity index (χ3n) is 4.54. The molecule has 1 saturated heterocycles. The molecule has 2 heterocycles. The van der Waals surface area contributed by atoms with Crippen LogP contribution in [0.15, 0.2) is 36.4 Å². The van der Waals surface area contributed by atoms with Crippen LogP contribution in [0.5, 0.6) is 0 Å². The molecular formula is C20H25N3O4. The van der Waals surface area contributed by atoms with E-state index in [2.05, 4.69) is 15.6 Å². The Morgan fingerprint density at radius 3 is 2.70 bits per heavy atom. The molecule has 1 aliphatic heterocycles. The molecule has 0 radical (unpaired) electrons. The molecule has 0 spiro atoms. The number of rotatable bonds is 6. The van der Waals surface area contributed by atoms with Crippen molar-refractivity contribution < 1.29 is 19.4 Å². The van der Waals surface area contributed by atoms with E-state index in [9.17, 15) is 14.7 Å². The normalized spacial score (nSPS) is 20.6. The number of hydrogen-bond donors (Lipinski definition) is 3. The molecular weight excluding hydrogens is 346 g/mol. The first-order valence-electron chi connectivity index (χ1n) is 9.17. The lowest BCUT2D eigenvalue weighted by atomic mass is 10.0. The van der Waals surface area contributed by atoms with Gasteiger partial charge in [0.2, 0.25) is 5.91 Å². The molecule has 0 aliphatic carbocycles. The summed E-state index contributed by atoms with van der Waals surface area (Å²) in [4.78, 5) is 29.7. The van der Waals surface area contributed by atoms with Crippen LogP contribution in [0.25, 0.3) is 10.9 Å². The Morgan fingerprint density at radius 2 is 2.00 bits per heavy atom. The molecule has 2 amide bonds. The summed E-state index contributed by atoms with van der Waals surface area (Å²) in [7, 11) is 0. The van der Waals surface area contributed by atoms with Crippen LogP contribution < -0.4 is 10.6 Å². The average Bonchev–Trinajstić information content (AvgIpc) is 3.05. The zero-order valence-corrected chi connectivity index (χ0v) is 15.5. The molecule has 27 heavy (non-hydrogen) atoms. The predicted molar refractivity (Wildman–Crippen MR) is 101 cm³/mol. The molecule has 3 N–H and O–H groups in total. The maximum Gasteiger partial charge on any atom is 0.270 e. The summed E-state index contributed by atoms with van der Waals surface area (Å²) in [5.74, 6) is -0.521. The Labute approximate surface area is 158 Å². The van der Waals surface area contributed by atoms with Crippen molar-refractivity contribution in [2.75, 3.05) is 13.2 Å². The Kier molecular flexibility index (Phi) is 6.03. The number of benzene rings is 1. The molecule has 0 saturated carbocycles. The summed E-state index contributed by atoms with van der Waals surface area (Å²) in [5.41, 5.74) is 0.987. The van der Waals surface area contributed by atoms with Crippen molar-refractivity contribution in [2.24, 2.45) is 5.92 Å². The first-order chi connectivity index (χ1) is 12.9. The van der Waals surface area contributed by atoms with Crippen LogP contribution >= 0.6 is 0 Å². The molecule has 1 aliphatic rings.